The minimum atomic E-state index is 0.362. The molecule has 6 heteroatoms. The van der Waals surface area contributed by atoms with E-state index in [1.165, 1.54) is 10.4 Å². The normalized spacial score (nSPS) is 21.6. The van der Waals surface area contributed by atoms with Gasteiger partial charge in [-0.2, -0.15) is 0 Å². The number of hydrogen-bond donors (Lipinski definition) is 2. The quantitative estimate of drug-likeness (QED) is 0.720. The van der Waals surface area contributed by atoms with Crippen LogP contribution in [0.25, 0.3) is 20.8 Å². The smallest absolute Gasteiger partial charge is 0.127 e. The molecule has 4 heterocycles. The summed E-state index contributed by atoms with van der Waals surface area (Å²) in [6.07, 6.45) is 4.64. The molecule has 4 rings (SSSR count). The van der Waals surface area contributed by atoms with E-state index in [4.69, 9.17) is 10.7 Å². The van der Waals surface area contributed by atoms with Crippen LogP contribution in [-0.4, -0.2) is 16.0 Å². The fraction of sp³-hybridized carbons (Fsp3) is 0.333. The molecule has 21 heavy (non-hydrogen) atoms. The Morgan fingerprint density at radius 3 is 3.00 bits per heavy atom. The van der Waals surface area contributed by atoms with Crippen molar-refractivity contribution in [3.8, 4) is 10.6 Å². The average molecular weight is 316 g/mol. The van der Waals surface area contributed by atoms with Crippen molar-refractivity contribution in [1.29, 1.82) is 0 Å². The van der Waals surface area contributed by atoms with E-state index in [9.17, 15) is 0 Å². The van der Waals surface area contributed by atoms with Gasteiger partial charge in [0.1, 0.15) is 10.5 Å². The van der Waals surface area contributed by atoms with E-state index in [2.05, 4.69) is 24.1 Å². The predicted octanol–water partition coefficient (Wildman–Crippen LogP) is 3.60. The fourth-order valence-electron chi connectivity index (χ4n) is 3.04. The second-order valence-corrected chi connectivity index (χ2v) is 7.65. The van der Waals surface area contributed by atoms with E-state index in [0.717, 1.165) is 32.2 Å². The highest BCUT2D eigenvalue weighted by molar-refractivity contribution is 7.22. The zero-order chi connectivity index (χ0) is 14.6. The predicted molar refractivity (Wildman–Crippen MR) is 89.9 cm³/mol. The van der Waals surface area contributed by atoms with Crippen LogP contribution < -0.4 is 11.1 Å². The molecule has 1 aliphatic rings. The first-order chi connectivity index (χ1) is 10.1. The van der Waals surface area contributed by atoms with Crippen molar-refractivity contribution in [2.75, 3.05) is 5.73 Å². The van der Waals surface area contributed by atoms with E-state index >= 15 is 0 Å². The van der Waals surface area contributed by atoms with E-state index < -0.39 is 0 Å². The number of nitrogens with one attached hydrogen (secondary N) is 1. The molecule has 1 aliphatic heterocycles. The van der Waals surface area contributed by atoms with Crippen LogP contribution in [0, 0.1) is 0 Å². The molecule has 2 unspecified atom stereocenters. The molecule has 0 fully saturated rings. The number of fused-ring (bicyclic) bond motifs is 2. The lowest BCUT2D eigenvalue weighted by molar-refractivity contribution is 0.453. The van der Waals surface area contributed by atoms with Gasteiger partial charge >= 0.3 is 0 Å². The lowest BCUT2D eigenvalue weighted by Crippen LogP contribution is -2.35. The van der Waals surface area contributed by atoms with Crippen LogP contribution in [0.3, 0.4) is 0 Å². The Kier molecular flexibility index (Phi) is 2.99. The van der Waals surface area contributed by atoms with E-state index in [1.807, 2.05) is 18.5 Å². The van der Waals surface area contributed by atoms with Crippen LogP contribution in [0.1, 0.15) is 30.3 Å². The van der Waals surface area contributed by atoms with Gasteiger partial charge in [0.2, 0.25) is 0 Å². The highest BCUT2D eigenvalue weighted by Gasteiger charge is 2.29. The van der Waals surface area contributed by atoms with E-state index in [-0.39, 0.29) is 0 Å². The molecule has 4 nitrogen and oxygen atoms in total. The molecule has 0 saturated carbocycles. The maximum Gasteiger partial charge on any atom is 0.127 e. The number of thiophene rings is 1. The van der Waals surface area contributed by atoms with Crippen molar-refractivity contribution in [1.82, 2.24) is 15.3 Å². The third-order valence-electron chi connectivity index (χ3n) is 3.91. The van der Waals surface area contributed by atoms with Gasteiger partial charge in [-0.1, -0.05) is 0 Å². The number of rotatable bonds is 1. The number of pyridine rings is 1. The van der Waals surface area contributed by atoms with Gasteiger partial charge in [-0.15, -0.1) is 22.7 Å². The molecule has 108 valence electrons. The summed E-state index contributed by atoms with van der Waals surface area (Å²) in [7, 11) is 0. The van der Waals surface area contributed by atoms with E-state index in [0.29, 0.717) is 12.1 Å². The Hall–Kier alpha value is -1.50. The van der Waals surface area contributed by atoms with Crippen LogP contribution in [-0.2, 0) is 6.42 Å². The first-order valence-corrected chi connectivity index (χ1v) is 8.64. The lowest BCUT2D eigenvalue weighted by atomic mass is 9.95. The van der Waals surface area contributed by atoms with Gasteiger partial charge < -0.3 is 11.1 Å². The summed E-state index contributed by atoms with van der Waals surface area (Å²) in [4.78, 5) is 10.2. The van der Waals surface area contributed by atoms with Gasteiger partial charge in [-0.05, 0) is 31.9 Å². The molecule has 2 atom stereocenters. The van der Waals surface area contributed by atoms with E-state index in [1.54, 1.807) is 22.7 Å². The summed E-state index contributed by atoms with van der Waals surface area (Å²) >= 11 is 3.40. The van der Waals surface area contributed by atoms with Gasteiger partial charge in [0.25, 0.3) is 0 Å². The largest absolute Gasteiger partial charge is 0.390 e. The van der Waals surface area contributed by atoms with Crippen molar-refractivity contribution in [3.63, 3.8) is 0 Å². The Balaban J connectivity index is 1.92. The summed E-state index contributed by atoms with van der Waals surface area (Å²) in [5, 5.41) is 5.49. The van der Waals surface area contributed by atoms with Crippen LogP contribution in [0.2, 0.25) is 0 Å². The molecule has 0 spiro atoms. The minimum absolute atomic E-state index is 0.362. The minimum Gasteiger partial charge on any atom is -0.390 e. The van der Waals surface area contributed by atoms with Crippen molar-refractivity contribution in [2.24, 2.45) is 0 Å². The molecule has 0 saturated heterocycles. The second kappa shape index (κ2) is 4.76. The number of hydrogen-bond acceptors (Lipinski definition) is 6. The van der Waals surface area contributed by atoms with Crippen molar-refractivity contribution < 1.29 is 0 Å². The van der Waals surface area contributed by atoms with Crippen LogP contribution in [0.5, 0.6) is 0 Å². The first kappa shape index (κ1) is 13.2. The Labute approximate surface area is 131 Å². The summed E-state index contributed by atoms with van der Waals surface area (Å²) < 4.78 is 1.16. The number of nitrogens with zero attached hydrogens (tertiary/aromatic N) is 2. The van der Waals surface area contributed by atoms with Gasteiger partial charge in [0, 0.05) is 28.7 Å². The number of thiazole rings is 1. The van der Waals surface area contributed by atoms with Crippen molar-refractivity contribution in [2.45, 2.75) is 32.4 Å². The lowest BCUT2D eigenvalue weighted by Gasteiger charge is -2.26. The maximum absolute atomic E-state index is 6.32. The molecule has 3 N–H and O–H groups in total. The number of nitrogen functional groups attached to an aromatic ring is 1. The first-order valence-electron chi connectivity index (χ1n) is 7.01. The van der Waals surface area contributed by atoms with Gasteiger partial charge in [-0.25, -0.2) is 4.98 Å². The molecule has 3 aromatic heterocycles. The number of nitrogens with two attached hydrogens (primary N) is 1. The maximum atomic E-state index is 6.32. The summed E-state index contributed by atoms with van der Waals surface area (Å²) in [5.74, 6) is 0. The molecule has 0 aromatic carbocycles. The standard InChI is InChI=1S/C15H16N4S2/c1-7-5-9-12(14(16)21-13(9)8(2)18-7)15-19-10-6-17-4-3-11(10)20-15/h3-4,6-8,18H,5,16H2,1-2H3. The number of anilines is 1. The third-order valence-corrected chi connectivity index (χ3v) is 6.21. The van der Waals surface area contributed by atoms with Crippen LogP contribution in [0.4, 0.5) is 5.00 Å². The molecular weight excluding hydrogens is 300 g/mol. The SMILES string of the molecule is CC1Cc2c(sc(N)c2-c2nc3cnccc3s2)C(C)N1. The molecule has 0 aliphatic carbocycles. The summed E-state index contributed by atoms with van der Waals surface area (Å²) in [6, 6.07) is 2.84. The average Bonchev–Trinajstić information content (AvgIpc) is 2.98. The van der Waals surface area contributed by atoms with Crippen LogP contribution in [0.15, 0.2) is 18.5 Å². The molecular formula is C15H16N4S2. The third kappa shape index (κ3) is 2.06. The summed E-state index contributed by atoms with van der Waals surface area (Å²) in [6.45, 7) is 4.43. The second-order valence-electron chi connectivity index (χ2n) is 5.54. The Morgan fingerprint density at radius 1 is 1.33 bits per heavy atom. The molecule has 3 aromatic rings. The van der Waals surface area contributed by atoms with Gasteiger partial charge in [0.15, 0.2) is 0 Å². The fourth-order valence-corrected chi connectivity index (χ4v) is 5.24. The van der Waals surface area contributed by atoms with Crippen molar-refractivity contribution in [3.05, 3.63) is 28.9 Å². The zero-order valence-corrected chi connectivity index (χ0v) is 13.5. The number of aromatic nitrogens is 2. The Bertz CT molecular complexity index is 787. The topological polar surface area (TPSA) is 63.8 Å². The highest BCUT2D eigenvalue weighted by atomic mass is 32.1. The molecule has 0 amide bonds. The Morgan fingerprint density at radius 2 is 2.19 bits per heavy atom. The van der Waals surface area contributed by atoms with Crippen LogP contribution >= 0.6 is 22.7 Å². The molecule has 0 radical (unpaired) electrons. The summed E-state index contributed by atoms with van der Waals surface area (Å²) in [5.41, 5.74) is 9.80. The van der Waals surface area contributed by atoms with Gasteiger partial charge in [0.05, 0.1) is 15.9 Å². The van der Waals surface area contributed by atoms with Gasteiger partial charge in [-0.3, -0.25) is 4.98 Å². The van der Waals surface area contributed by atoms with Crippen molar-refractivity contribution >= 4 is 37.9 Å². The molecule has 0 bridgehead atoms. The zero-order valence-electron chi connectivity index (χ0n) is 11.9. The monoisotopic (exact) mass is 316 g/mol. The highest BCUT2D eigenvalue weighted by Crippen LogP contribution is 2.45.